The predicted octanol–water partition coefficient (Wildman–Crippen LogP) is 3.73. The summed E-state index contributed by atoms with van der Waals surface area (Å²) in [5, 5.41) is 7.56. The first kappa shape index (κ1) is 18.4. The zero-order chi connectivity index (χ0) is 13.2. The average molecular weight is 393 g/mol. The van der Waals surface area contributed by atoms with E-state index >= 15 is 0 Å². The highest BCUT2D eigenvalue weighted by atomic mass is 127. The average Bonchev–Trinajstić information content (AvgIpc) is 2.87. The van der Waals surface area contributed by atoms with Crippen molar-refractivity contribution in [2.75, 3.05) is 20.1 Å². The van der Waals surface area contributed by atoms with E-state index in [0.29, 0.717) is 0 Å². The molecule has 0 fully saturated rings. The topological polar surface area (TPSA) is 27.6 Å². The molecule has 0 saturated carbocycles. The monoisotopic (exact) mass is 393 g/mol. The standard InChI is InChI=1S/C14H23N3S.HI/c1-4-6-7-9-17(3)14(15-5-2)16-11-13-8-10-18-12-13;/h4,8,10,12H,1,5-7,9,11H2,2-3H3,(H,15,16);1H. The van der Waals surface area contributed by atoms with Gasteiger partial charge < -0.3 is 10.2 Å². The lowest BCUT2D eigenvalue weighted by Crippen LogP contribution is -2.39. The molecule has 0 atom stereocenters. The molecule has 0 bridgehead atoms. The van der Waals surface area contributed by atoms with E-state index in [1.807, 2.05) is 6.08 Å². The second-order valence-electron chi connectivity index (χ2n) is 4.15. The lowest BCUT2D eigenvalue weighted by atomic mass is 10.3. The third kappa shape index (κ3) is 7.57. The largest absolute Gasteiger partial charge is 0.357 e. The number of allylic oxidation sites excluding steroid dienone is 1. The van der Waals surface area contributed by atoms with Crippen molar-refractivity contribution in [3.63, 3.8) is 0 Å². The van der Waals surface area contributed by atoms with Gasteiger partial charge in [0.15, 0.2) is 5.96 Å². The van der Waals surface area contributed by atoms with Gasteiger partial charge in [-0.1, -0.05) is 6.08 Å². The maximum absolute atomic E-state index is 4.65. The molecule has 5 heteroatoms. The van der Waals surface area contributed by atoms with Gasteiger partial charge in [-0.05, 0) is 42.2 Å². The van der Waals surface area contributed by atoms with Crippen molar-refractivity contribution in [1.29, 1.82) is 0 Å². The number of thiophene rings is 1. The fourth-order valence-corrected chi connectivity index (χ4v) is 2.26. The molecule has 1 aromatic heterocycles. The second-order valence-corrected chi connectivity index (χ2v) is 4.93. The van der Waals surface area contributed by atoms with Crippen molar-refractivity contribution in [2.45, 2.75) is 26.3 Å². The highest BCUT2D eigenvalue weighted by Gasteiger charge is 2.04. The molecular formula is C14H24IN3S. The minimum absolute atomic E-state index is 0. The van der Waals surface area contributed by atoms with Gasteiger partial charge in [0.1, 0.15) is 0 Å². The van der Waals surface area contributed by atoms with Crippen LogP contribution in [-0.4, -0.2) is 31.0 Å². The number of aliphatic imine (C=N–C) groups is 1. The Morgan fingerprint density at radius 1 is 1.58 bits per heavy atom. The van der Waals surface area contributed by atoms with E-state index in [9.17, 15) is 0 Å². The fraction of sp³-hybridized carbons (Fsp3) is 0.500. The Morgan fingerprint density at radius 3 is 2.95 bits per heavy atom. The van der Waals surface area contributed by atoms with Crippen molar-refractivity contribution < 1.29 is 0 Å². The van der Waals surface area contributed by atoms with Crippen LogP contribution in [0.2, 0.25) is 0 Å². The van der Waals surface area contributed by atoms with E-state index in [0.717, 1.165) is 38.4 Å². The third-order valence-electron chi connectivity index (χ3n) is 2.59. The summed E-state index contributed by atoms with van der Waals surface area (Å²) >= 11 is 1.72. The molecule has 3 nitrogen and oxygen atoms in total. The van der Waals surface area contributed by atoms with E-state index in [1.54, 1.807) is 11.3 Å². The van der Waals surface area contributed by atoms with Gasteiger partial charge in [-0.15, -0.1) is 30.6 Å². The molecule has 0 amide bonds. The molecule has 0 spiro atoms. The lowest BCUT2D eigenvalue weighted by molar-refractivity contribution is 0.470. The van der Waals surface area contributed by atoms with Crippen LogP contribution in [0.4, 0.5) is 0 Å². The van der Waals surface area contributed by atoms with Crippen molar-refractivity contribution >= 4 is 41.3 Å². The van der Waals surface area contributed by atoms with Gasteiger partial charge in [0, 0.05) is 20.1 Å². The summed E-state index contributed by atoms with van der Waals surface area (Å²) in [6.45, 7) is 8.49. The summed E-state index contributed by atoms with van der Waals surface area (Å²) in [4.78, 5) is 6.83. The van der Waals surface area contributed by atoms with Gasteiger partial charge in [0.2, 0.25) is 0 Å². The van der Waals surface area contributed by atoms with Gasteiger partial charge in [-0.25, -0.2) is 4.99 Å². The number of hydrogen-bond donors (Lipinski definition) is 1. The first-order valence-corrected chi connectivity index (χ1v) is 7.33. The molecule has 0 aliphatic rings. The van der Waals surface area contributed by atoms with Crippen molar-refractivity contribution in [3.05, 3.63) is 35.0 Å². The van der Waals surface area contributed by atoms with Gasteiger partial charge in [0.05, 0.1) is 6.54 Å². The Labute approximate surface area is 137 Å². The van der Waals surface area contributed by atoms with Crippen LogP contribution >= 0.6 is 35.3 Å². The van der Waals surface area contributed by atoms with Crippen LogP contribution in [0.3, 0.4) is 0 Å². The molecule has 1 heterocycles. The summed E-state index contributed by atoms with van der Waals surface area (Å²) in [6, 6.07) is 2.12. The van der Waals surface area contributed by atoms with Crippen LogP contribution in [0, 0.1) is 0 Å². The van der Waals surface area contributed by atoms with E-state index in [2.05, 4.69) is 52.6 Å². The minimum Gasteiger partial charge on any atom is -0.357 e. The van der Waals surface area contributed by atoms with Crippen molar-refractivity contribution in [1.82, 2.24) is 10.2 Å². The van der Waals surface area contributed by atoms with Crippen LogP contribution in [0.15, 0.2) is 34.5 Å². The summed E-state index contributed by atoms with van der Waals surface area (Å²) in [5.41, 5.74) is 1.27. The van der Waals surface area contributed by atoms with Crippen LogP contribution < -0.4 is 5.32 Å². The highest BCUT2D eigenvalue weighted by Crippen LogP contribution is 2.07. The Morgan fingerprint density at radius 2 is 2.37 bits per heavy atom. The molecule has 19 heavy (non-hydrogen) atoms. The maximum atomic E-state index is 4.65. The molecule has 0 saturated heterocycles. The number of rotatable bonds is 7. The second kappa shape index (κ2) is 11.3. The molecule has 0 radical (unpaired) electrons. The van der Waals surface area contributed by atoms with Crippen LogP contribution in [0.1, 0.15) is 25.3 Å². The number of hydrogen-bond acceptors (Lipinski definition) is 2. The maximum Gasteiger partial charge on any atom is 0.193 e. The fourth-order valence-electron chi connectivity index (χ4n) is 1.60. The van der Waals surface area contributed by atoms with Crippen LogP contribution in [0.5, 0.6) is 0 Å². The smallest absolute Gasteiger partial charge is 0.193 e. The molecule has 108 valence electrons. The third-order valence-corrected chi connectivity index (χ3v) is 3.32. The van der Waals surface area contributed by atoms with Gasteiger partial charge in [-0.3, -0.25) is 0 Å². The highest BCUT2D eigenvalue weighted by molar-refractivity contribution is 14.0. The molecule has 0 aromatic carbocycles. The van der Waals surface area contributed by atoms with Crippen LogP contribution in [-0.2, 0) is 6.54 Å². The van der Waals surface area contributed by atoms with E-state index in [-0.39, 0.29) is 24.0 Å². The van der Waals surface area contributed by atoms with Gasteiger partial charge in [0.25, 0.3) is 0 Å². The molecule has 1 aromatic rings. The predicted molar refractivity (Wildman–Crippen MR) is 96.6 cm³/mol. The van der Waals surface area contributed by atoms with Gasteiger partial charge in [-0.2, -0.15) is 11.3 Å². The Bertz CT molecular complexity index is 363. The normalized spacial score (nSPS) is 10.7. The Balaban J connectivity index is 0.00000324. The lowest BCUT2D eigenvalue weighted by Gasteiger charge is -2.21. The molecule has 0 aliphatic carbocycles. The summed E-state index contributed by atoms with van der Waals surface area (Å²) in [5.74, 6) is 0.979. The molecule has 1 N–H and O–H groups in total. The zero-order valence-electron chi connectivity index (χ0n) is 11.8. The molecule has 1 rings (SSSR count). The Hall–Kier alpha value is -0.560. The number of nitrogens with zero attached hydrogens (tertiary/aromatic N) is 2. The van der Waals surface area contributed by atoms with Crippen molar-refractivity contribution in [3.8, 4) is 0 Å². The van der Waals surface area contributed by atoms with E-state index < -0.39 is 0 Å². The minimum atomic E-state index is 0. The van der Waals surface area contributed by atoms with E-state index in [1.165, 1.54) is 5.56 Å². The zero-order valence-corrected chi connectivity index (χ0v) is 14.9. The SMILES string of the molecule is C=CCCCN(C)C(=NCc1ccsc1)NCC.I. The quantitative estimate of drug-likeness (QED) is 0.251. The number of unbranched alkanes of at least 4 members (excludes halogenated alkanes) is 1. The number of nitrogens with one attached hydrogen (secondary N) is 1. The summed E-state index contributed by atoms with van der Waals surface area (Å²) in [6.07, 6.45) is 4.13. The summed E-state index contributed by atoms with van der Waals surface area (Å²) in [7, 11) is 2.08. The van der Waals surface area contributed by atoms with Crippen LogP contribution in [0.25, 0.3) is 0 Å². The number of halogens is 1. The number of guanidine groups is 1. The van der Waals surface area contributed by atoms with Gasteiger partial charge >= 0.3 is 0 Å². The summed E-state index contributed by atoms with van der Waals surface area (Å²) < 4.78 is 0. The van der Waals surface area contributed by atoms with Crippen molar-refractivity contribution in [2.24, 2.45) is 4.99 Å². The molecule has 0 aliphatic heterocycles. The first-order chi connectivity index (χ1) is 8.77. The molecule has 0 unspecified atom stereocenters. The Kier molecular flexibility index (Phi) is 10.9. The van der Waals surface area contributed by atoms with E-state index in [4.69, 9.17) is 0 Å². The first-order valence-electron chi connectivity index (χ1n) is 6.39. The molecular weight excluding hydrogens is 369 g/mol.